The van der Waals surface area contributed by atoms with Gasteiger partial charge in [-0.1, -0.05) is 18.2 Å². The molecule has 0 radical (unpaired) electrons. The summed E-state index contributed by atoms with van der Waals surface area (Å²) in [7, 11) is 0. The van der Waals surface area contributed by atoms with Crippen molar-refractivity contribution < 1.29 is 9.84 Å². The summed E-state index contributed by atoms with van der Waals surface area (Å²) in [5.41, 5.74) is 7.82. The molecular formula is C20H29N5O2. The summed E-state index contributed by atoms with van der Waals surface area (Å²) < 4.78 is 5.77. The summed E-state index contributed by atoms with van der Waals surface area (Å²) in [5, 5.41) is 9.54. The largest absolute Gasteiger partial charge is 0.494 e. The van der Waals surface area contributed by atoms with Gasteiger partial charge in [-0.05, 0) is 19.4 Å². The lowest BCUT2D eigenvalue weighted by Crippen LogP contribution is -2.52. The predicted molar refractivity (Wildman–Crippen MR) is 105 cm³/mol. The molecule has 1 saturated heterocycles. The third-order valence-corrected chi connectivity index (χ3v) is 4.93. The van der Waals surface area contributed by atoms with Crippen LogP contribution in [0.15, 0.2) is 36.7 Å². The average Bonchev–Trinajstić information content (AvgIpc) is 2.67. The Morgan fingerprint density at radius 2 is 1.96 bits per heavy atom. The van der Waals surface area contributed by atoms with Gasteiger partial charge in [-0.15, -0.1) is 0 Å². The van der Waals surface area contributed by atoms with E-state index in [4.69, 9.17) is 10.5 Å². The molecule has 2 aromatic rings. The van der Waals surface area contributed by atoms with Crippen LogP contribution in [0, 0.1) is 0 Å². The first-order valence-electron chi connectivity index (χ1n) is 9.54. The van der Waals surface area contributed by atoms with Gasteiger partial charge in [0, 0.05) is 68.9 Å². The Balaban J connectivity index is 1.65. The Morgan fingerprint density at radius 3 is 2.70 bits per heavy atom. The number of aliphatic hydroxyl groups is 1. The highest BCUT2D eigenvalue weighted by atomic mass is 16.5. The van der Waals surface area contributed by atoms with Crippen LogP contribution in [0.25, 0.3) is 0 Å². The molecule has 0 aliphatic carbocycles. The number of nitrogens with two attached hydrogens (primary N) is 1. The van der Waals surface area contributed by atoms with Crippen LogP contribution in [0.3, 0.4) is 0 Å². The summed E-state index contributed by atoms with van der Waals surface area (Å²) in [6, 6.07) is 8.51. The van der Waals surface area contributed by atoms with Crippen LogP contribution < -0.4 is 10.5 Å². The molecule has 3 N–H and O–H groups in total. The Hall–Kier alpha value is -2.22. The molecule has 0 spiro atoms. The van der Waals surface area contributed by atoms with Crippen molar-refractivity contribution in [3.63, 3.8) is 0 Å². The second kappa shape index (κ2) is 9.64. The smallest absolute Gasteiger partial charge is 0.219 e. The van der Waals surface area contributed by atoms with Gasteiger partial charge in [0.1, 0.15) is 5.75 Å². The van der Waals surface area contributed by atoms with E-state index in [-0.39, 0.29) is 6.61 Å². The van der Waals surface area contributed by atoms with E-state index in [9.17, 15) is 5.11 Å². The highest BCUT2D eigenvalue weighted by molar-refractivity contribution is 5.33. The van der Waals surface area contributed by atoms with E-state index in [0.29, 0.717) is 18.6 Å². The highest BCUT2D eigenvalue weighted by Crippen LogP contribution is 2.23. The lowest BCUT2D eigenvalue weighted by atomic mass is 10.1. The minimum Gasteiger partial charge on any atom is -0.494 e. The van der Waals surface area contributed by atoms with Gasteiger partial charge >= 0.3 is 0 Å². The first kappa shape index (κ1) is 19.5. The predicted octanol–water partition coefficient (Wildman–Crippen LogP) is 1.53. The molecule has 1 unspecified atom stereocenters. The zero-order valence-corrected chi connectivity index (χ0v) is 15.9. The van der Waals surface area contributed by atoms with Gasteiger partial charge in [-0.3, -0.25) is 9.80 Å². The summed E-state index contributed by atoms with van der Waals surface area (Å²) in [6.07, 6.45) is 4.33. The van der Waals surface area contributed by atoms with E-state index in [0.717, 1.165) is 50.5 Å². The lowest BCUT2D eigenvalue weighted by molar-refractivity contribution is 0.0493. The molecule has 1 aromatic heterocycles. The number of ether oxygens (including phenoxy) is 1. The number of anilines is 1. The molecule has 7 heteroatoms. The molecule has 27 heavy (non-hydrogen) atoms. The standard InChI is InChI=1S/C20H29N5O2/c1-2-27-19-6-4-3-5-17(19)14-25-9-8-24(15-18(25)7-10-26)13-16-11-22-20(21)23-12-16/h3-6,11-12,18,26H,2,7-10,13-15H2,1H3,(H2,21,22,23). The van der Waals surface area contributed by atoms with Crippen LogP contribution in [0.5, 0.6) is 5.75 Å². The monoisotopic (exact) mass is 371 g/mol. The maximum absolute atomic E-state index is 9.54. The minimum absolute atomic E-state index is 0.188. The van der Waals surface area contributed by atoms with Crippen molar-refractivity contribution in [1.82, 2.24) is 19.8 Å². The van der Waals surface area contributed by atoms with Gasteiger partial charge in [0.25, 0.3) is 0 Å². The van der Waals surface area contributed by atoms with E-state index in [1.54, 1.807) is 12.4 Å². The highest BCUT2D eigenvalue weighted by Gasteiger charge is 2.27. The topological polar surface area (TPSA) is 87.7 Å². The molecule has 0 bridgehead atoms. The van der Waals surface area contributed by atoms with Gasteiger partial charge in [0.2, 0.25) is 5.95 Å². The van der Waals surface area contributed by atoms with Crippen LogP contribution in [-0.4, -0.2) is 63.8 Å². The third-order valence-electron chi connectivity index (χ3n) is 4.93. The molecule has 1 aliphatic heterocycles. The van der Waals surface area contributed by atoms with Crippen molar-refractivity contribution in [2.24, 2.45) is 0 Å². The molecule has 0 amide bonds. The molecule has 146 valence electrons. The van der Waals surface area contributed by atoms with Gasteiger partial charge in [-0.2, -0.15) is 0 Å². The third kappa shape index (κ3) is 5.38. The van der Waals surface area contributed by atoms with Crippen LogP contribution in [0.2, 0.25) is 0 Å². The molecule has 1 atom stereocenters. The van der Waals surface area contributed by atoms with Crippen LogP contribution in [-0.2, 0) is 13.1 Å². The van der Waals surface area contributed by atoms with Crippen molar-refractivity contribution >= 4 is 5.95 Å². The number of hydrogen-bond acceptors (Lipinski definition) is 7. The quantitative estimate of drug-likeness (QED) is 0.727. The maximum Gasteiger partial charge on any atom is 0.219 e. The Kier molecular flexibility index (Phi) is 6.98. The Bertz CT molecular complexity index is 710. The van der Waals surface area contributed by atoms with Gasteiger partial charge in [-0.25, -0.2) is 9.97 Å². The first-order valence-corrected chi connectivity index (χ1v) is 9.54. The number of para-hydroxylation sites is 1. The number of benzene rings is 1. The normalized spacial score (nSPS) is 18.5. The van der Waals surface area contributed by atoms with Gasteiger partial charge < -0.3 is 15.6 Å². The molecule has 1 fully saturated rings. The number of nitrogens with zero attached hydrogens (tertiary/aromatic N) is 4. The molecule has 3 rings (SSSR count). The number of nitrogen functional groups attached to an aromatic ring is 1. The minimum atomic E-state index is 0.188. The summed E-state index contributed by atoms with van der Waals surface area (Å²) in [5.74, 6) is 1.25. The number of aromatic nitrogens is 2. The van der Waals surface area contributed by atoms with Crippen molar-refractivity contribution in [1.29, 1.82) is 0 Å². The fourth-order valence-corrected chi connectivity index (χ4v) is 3.59. The Morgan fingerprint density at radius 1 is 1.19 bits per heavy atom. The molecule has 1 aromatic carbocycles. The second-order valence-corrected chi connectivity index (χ2v) is 6.86. The molecular weight excluding hydrogens is 342 g/mol. The number of aliphatic hydroxyl groups excluding tert-OH is 1. The van der Waals surface area contributed by atoms with Crippen LogP contribution in [0.1, 0.15) is 24.5 Å². The van der Waals surface area contributed by atoms with Crippen molar-refractivity contribution in [3.05, 3.63) is 47.8 Å². The van der Waals surface area contributed by atoms with E-state index in [1.165, 1.54) is 5.56 Å². The van der Waals surface area contributed by atoms with E-state index in [1.807, 2.05) is 19.1 Å². The molecule has 1 aliphatic rings. The second-order valence-electron chi connectivity index (χ2n) is 6.86. The SMILES string of the molecule is CCOc1ccccc1CN1CCN(Cc2cnc(N)nc2)CC1CCO. The van der Waals surface area contributed by atoms with Crippen LogP contribution in [0.4, 0.5) is 5.95 Å². The average molecular weight is 371 g/mol. The van der Waals surface area contributed by atoms with Gasteiger partial charge in [0.05, 0.1) is 6.61 Å². The summed E-state index contributed by atoms with van der Waals surface area (Å²) in [4.78, 5) is 13.0. The first-order chi connectivity index (χ1) is 13.2. The fraction of sp³-hybridized carbons (Fsp3) is 0.500. The zero-order valence-electron chi connectivity index (χ0n) is 15.9. The number of hydrogen-bond donors (Lipinski definition) is 2. The van der Waals surface area contributed by atoms with Crippen LogP contribution >= 0.6 is 0 Å². The lowest BCUT2D eigenvalue weighted by Gasteiger charge is -2.41. The van der Waals surface area contributed by atoms with E-state index < -0.39 is 0 Å². The summed E-state index contributed by atoms with van der Waals surface area (Å²) >= 11 is 0. The molecule has 0 saturated carbocycles. The number of rotatable bonds is 8. The van der Waals surface area contributed by atoms with Gasteiger partial charge in [0.15, 0.2) is 0 Å². The Labute approximate surface area is 160 Å². The van der Waals surface area contributed by atoms with Crippen molar-refractivity contribution in [2.45, 2.75) is 32.5 Å². The maximum atomic E-state index is 9.54. The van der Waals surface area contributed by atoms with E-state index >= 15 is 0 Å². The van der Waals surface area contributed by atoms with Crippen molar-refractivity contribution in [2.75, 3.05) is 38.6 Å². The number of piperazine rings is 1. The fourth-order valence-electron chi connectivity index (χ4n) is 3.59. The molecule has 7 nitrogen and oxygen atoms in total. The zero-order chi connectivity index (χ0) is 19.1. The van der Waals surface area contributed by atoms with Crippen molar-refractivity contribution in [3.8, 4) is 5.75 Å². The molecule has 2 heterocycles. The van der Waals surface area contributed by atoms with E-state index in [2.05, 4.69) is 31.9 Å². The summed E-state index contributed by atoms with van der Waals surface area (Å²) in [6.45, 7) is 7.30.